The molecule has 1 aromatic carbocycles. The highest BCUT2D eigenvalue weighted by Crippen LogP contribution is 2.28. The summed E-state index contributed by atoms with van der Waals surface area (Å²) in [7, 11) is 1.41. The molecule has 3 heterocycles. The minimum Gasteiger partial charge on any atom is -0.478 e. The second kappa shape index (κ2) is 8.34. The summed E-state index contributed by atoms with van der Waals surface area (Å²) in [6, 6.07) is 7.08. The molecule has 2 aromatic rings. The molecule has 1 amide bonds. The monoisotopic (exact) mass is 430 g/mol. The lowest BCUT2D eigenvalue weighted by Gasteiger charge is -2.26. The lowest BCUT2D eigenvalue weighted by atomic mass is 10.1. The highest BCUT2D eigenvalue weighted by molar-refractivity contribution is 5.94. The summed E-state index contributed by atoms with van der Waals surface area (Å²) >= 11 is 0. The minimum absolute atomic E-state index is 0.172. The molecule has 0 radical (unpaired) electrons. The van der Waals surface area contributed by atoms with Gasteiger partial charge in [-0.05, 0) is 11.6 Å². The number of amides is 1. The van der Waals surface area contributed by atoms with Gasteiger partial charge in [0.15, 0.2) is 0 Å². The number of aliphatic imine (C=N–C) groups is 1. The van der Waals surface area contributed by atoms with Crippen molar-refractivity contribution in [3.63, 3.8) is 0 Å². The molecular formula is C19H20F2N8O2. The van der Waals surface area contributed by atoms with E-state index in [2.05, 4.69) is 20.9 Å². The number of hydrogen-bond donors (Lipinski definition) is 3. The molecule has 0 bridgehead atoms. The van der Waals surface area contributed by atoms with Crippen molar-refractivity contribution in [2.75, 3.05) is 12.5 Å². The minimum atomic E-state index is -2.54. The maximum atomic E-state index is 12.7. The second-order valence-corrected chi connectivity index (χ2v) is 6.71. The molecule has 0 unspecified atom stereocenters. The Morgan fingerprint density at radius 2 is 2.16 bits per heavy atom. The summed E-state index contributed by atoms with van der Waals surface area (Å²) in [6.45, 7) is -0.180. The molecular weight excluding hydrogens is 410 g/mol. The molecule has 10 nitrogen and oxygen atoms in total. The van der Waals surface area contributed by atoms with Gasteiger partial charge in [0.2, 0.25) is 5.91 Å². The largest absolute Gasteiger partial charge is 0.478 e. The molecule has 4 rings (SSSR count). The van der Waals surface area contributed by atoms with Gasteiger partial charge in [-0.15, -0.1) is 5.10 Å². The van der Waals surface area contributed by atoms with Crippen LogP contribution in [0.25, 0.3) is 0 Å². The van der Waals surface area contributed by atoms with Crippen LogP contribution in [-0.4, -0.2) is 45.6 Å². The summed E-state index contributed by atoms with van der Waals surface area (Å²) in [5, 5.41) is 7.34. The van der Waals surface area contributed by atoms with Crippen LogP contribution in [0.4, 0.5) is 14.5 Å². The molecule has 0 spiro atoms. The number of nitrogens with zero attached hydrogens (tertiary/aromatic N) is 5. The number of rotatable bonds is 8. The lowest BCUT2D eigenvalue weighted by Crippen LogP contribution is -2.33. The fourth-order valence-electron chi connectivity index (χ4n) is 3.22. The zero-order valence-corrected chi connectivity index (χ0v) is 16.5. The number of ether oxygens (including phenoxy) is 1. The molecule has 31 heavy (non-hydrogen) atoms. The predicted molar refractivity (Wildman–Crippen MR) is 109 cm³/mol. The number of nitrogens with two attached hydrogens (primary N) is 1. The number of aromatic nitrogens is 2. The molecule has 0 saturated heterocycles. The summed E-state index contributed by atoms with van der Waals surface area (Å²) in [5.74, 6) is -0.333. The van der Waals surface area contributed by atoms with E-state index in [1.807, 2.05) is 12.1 Å². The number of carbonyl (C=O) groups is 1. The van der Waals surface area contributed by atoms with Crippen LogP contribution in [0.1, 0.15) is 15.9 Å². The molecule has 2 aliphatic heterocycles. The van der Waals surface area contributed by atoms with E-state index in [1.165, 1.54) is 19.6 Å². The molecule has 0 aliphatic carbocycles. The summed E-state index contributed by atoms with van der Waals surface area (Å²) in [5.41, 5.74) is 14.6. The molecule has 0 saturated carbocycles. The van der Waals surface area contributed by atoms with Crippen molar-refractivity contribution in [1.82, 2.24) is 25.2 Å². The number of primary amides is 1. The Bertz CT molecular complexity index is 1080. The smallest absolute Gasteiger partial charge is 0.258 e. The molecule has 0 fully saturated rings. The van der Waals surface area contributed by atoms with Gasteiger partial charge in [0, 0.05) is 11.8 Å². The number of nitrogens with one attached hydrogen (secondary N) is 2. The van der Waals surface area contributed by atoms with E-state index in [1.54, 1.807) is 34.6 Å². The Kier molecular flexibility index (Phi) is 5.43. The van der Waals surface area contributed by atoms with Crippen LogP contribution >= 0.6 is 0 Å². The zero-order chi connectivity index (χ0) is 22.0. The number of hydrazine groups is 2. The normalized spacial score (nSPS) is 14.8. The van der Waals surface area contributed by atoms with Crippen molar-refractivity contribution in [2.45, 2.75) is 19.5 Å². The Labute approximate surface area is 176 Å². The molecule has 2 aliphatic rings. The summed E-state index contributed by atoms with van der Waals surface area (Å²) in [6.07, 6.45) is 3.91. The van der Waals surface area contributed by atoms with Crippen LogP contribution in [0.5, 0.6) is 5.88 Å². The molecule has 12 heteroatoms. The van der Waals surface area contributed by atoms with Crippen LogP contribution in [0.3, 0.4) is 0 Å². The maximum Gasteiger partial charge on any atom is 0.258 e. The third-order valence-corrected chi connectivity index (χ3v) is 4.60. The molecule has 162 valence electrons. The van der Waals surface area contributed by atoms with Gasteiger partial charge in [0.1, 0.15) is 30.0 Å². The fraction of sp³-hybridized carbons (Fsp3) is 0.211. The number of alkyl halides is 2. The van der Waals surface area contributed by atoms with Gasteiger partial charge in [0.05, 0.1) is 26.1 Å². The van der Waals surface area contributed by atoms with Crippen molar-refractivity contribution in [3.05, 3.63) is 65.4 Å². The van der Waals surface area contributed by atoms with Crippen LogP contribution in [-0.2, 0) is 13.1 Å². The number of anilines is 1. The summed E-state index contributed by atoms with van der Waals surface area (Å²) in [4.78, 5) is 16.1. The van der Waals surface area contributed by atoms with E-state index in [-0.39, 0.29) is 5.88 Å². The highest BCUT2D eigenvalue weighted by Gasteiger charge is 2.25. The first kappa shape index (κ1) is 20.2. The van der Waals surface area contributed by atoms with Crippen LogP contribution < -0.4 is 21.3 Å². The van der Waals surface area contributed by atoms with Crippen molar-refractivity contribution in [3.8, 4) is 5.88 Å². The fourth-order valence-corrected chi connectivity index (χ4v) is 3.22. The van der Waals surface area contributed by atoms with Crippen LogP contribution in [0.15, 0.2) is 59.2 Å². The van der Waals surface area contributed by atoms with E-state index in [0.29, 0.717) is 23.5 Å². The van der Waals surface area contributed by atoms with Gasteiger partial charge in [-0.25, -0.2) is 18.8 Å². The highest BCUT2D eigenvalue weighted by atomic mass is 19.3. The number of carbonyl (C=O) groups excluding carboxylic acids is 1. The topological polar surface area (TPSA) is 113 Å². The van der Waals surface area contributed by atoms with Crippen molar-refractivity contribution in [2.24, 2.45) is 10.7 Å². The van der Waals surface area contributed by atoms with E-state index >= 15 is 0 Å². The number of fused-ring (bicyclic) bond motifs is 1. The molecule has 0 atom stereocenters. The standard InChI is InChI=1S/C19H20F2N8O2/c1-31-19-15(8-27(26-19)10-17(20)21)25-28-9-16-14(23-11-28)6-24-29(16)7-12-4-2-3-5-13(12)18(22)30/h2-6,8-9,11,17,24-25H,7,10H2,1H3,(H2,22,30). The molecule has 4 N–H and O–H groups in total. The van der Waals surface area contributed by atoms with Crippen molar-refractivity contribution >= 4 is 17.9 Å². The van der Waals surface area contributed by atoms with Crippen LogP contribution in [0, 0.1) is 0 Å². The molecule has 1 aromatic heterocycles. The summed E-state index contributed by atoms with van der Waals surface area (Å²) < 4.78 is 31.6. The maximum absolute atomic E-state index is 12.7. The quantitative estimate of drug-likeness (QED) is 0.583. The van der Waals surface area contributed by atoms with Gasteiger partial charge in [-0.3, -0.25) is 19.9 Å². The van der Waals surface area contributed by atoms with Gasteiger partial charge in [-0.1, -0.05) is 18.2 Å². The number of halogens is 2. The van der Waals surface area contributed by atoms with E-state index in [4.69, 9.17) is 10.5 Å². The van der Waals surface area contributed by atoms with Gasteiger partial charge in [0.25, 0.3) is 12.3 Å². The Balaban J connectivity index is 1.52. The third kappa shape index (κ3) is 4.27. The van der Waals surface area contributed by atoms with E-state index in [0.717, 1.165) is 15.9 Å². The first-order valence-corrected chi connectivity index (χ1v) is 9.27. The SMILES string of the molecule is COc1nn(CC(F)F)cc1NN1C=NC2=CNN(Cc3ccccc3C(N)=O)C2=C1. The number of methoxy groups -OCH3 is 1. The Morgan fingerprint density at radius 1 is 1.35 bits per heavy atom. The van der Waals surface area contributed by atoms with E-state index < -0.39 is 18.9 Å². The second-order valence-electron chi connectivity index (χ2n) is 6.71. The Morgan fingerprint density at radius 3 is 2.90 bits per heavy atom. The number of benzene rings is 1. The first-order valence-electron chi connectivity index (χ1n) is 9.27. The lowest BCUT2D eigenvalue weighted by molar-refractivity contribution is 0.0998. The van der Waals surface area contributed by atoms with Gasteiger partial charge in [-0.2, -0.15) is 0 Å². The zero-order valence-electron chi connectivity index (χ0n) is 16.5. The van der Waals surface area contributed by atoms with E-state index in [9.17, 15) is 13.6 Å². The number of hydrogen-bond acceptors (Lipinski definition) is 8. The van der Waals surface area contributed by atoms with Gasteiger partial charge < -0.3 is 15.9 Å². The van der Waals surface area contributed by atoms with Crippen molar-refractivity contribution < 1.29 is 18.3 Å². The average Bonchev–Trinajstić information content (AvgIpc) is 3.31. The average molecular weight is 430 g/mol. The third-order valence-electron chi connectivity index (χ3n) is 4.60. The van der Waals surface area contributed by atoms with Crippen LogP contribution in [0.2, 0.25) is 0 Å². The predicted octanol–water partition coefficient (Wildman–Crippen LogP) is 1.63. The van der Waals surface area contributed by atoms with Crippen molar-refractivity contribution in [1.29, 1.82) is 0 Å². The Hall–Kier alpha value is -4.09. The first-order chi connectivity index (χ1) is 14.9. The van der Waals surface area contributed by atoms with Gasteiger partial charge >= 0.3 is 0 Å².